The fraction of sp³-hybridized carbons (Fsp3) is 0.625. The molecule has 2 N–H and O–H groups in total. The zero-order chi connectivity index (χ0) is 17.2. The molecule has 0 spiro atoms. The van der Waals surface area contributed by atoms with E-state index in [2.05, 4.69) is 36.5 Å². The van der Waals surface area contributed by atoms with Gasteiger partial charge < -0.3 is 24.8 Å². The van der Waals surface area contributed by atoms with Crippen molar-refractivity contribution in [2.75, 3.05) is 33.6 Å². The minimum absolute atomic E-state index is 0.256. The molecule has 0 aromatic carbocycles. The second-order valence-electron chi connectivity index (χ2n) is 6.61. The van der Waals surface area contributed by atoms with Gasteiger partial charge in [-0.1, -0.05) is 6.58 Å². The Bertz CT molecular complexity index is 555. The fourth-order valence-corrected chi connectivity index (χ4v) is 3.73. The van der Waals surface area contributed by atoms with Crippen LogP contribution in [0.5, 0.6) is 0 Å². The molecule has 130 valence electrons. The van der Waals surface area contributed by atoms with Crippen molar-refractivity contribution in [2.24, 2.45) is 4.99 Å². The van der Waals surface area contributed by atoms with E-state index in [-0.39, 0.29) is 6.10 Å². The number of nitrogens with one attached hydrogen (secondary N) is 1. The van der Waals surface area contributed by atoms with Crippen LogP contribution in [0.15, 0.2) is 29.7 Å². The van der Waals surface area contributed by atoms with E-state index in [0.717, 1.165) is 18.4 Å². The summed E-state index contributed by atoms with van der Waals surface area (Å²) in [7, 11) is 3.30. The normalized spacial score (nSPS) is 33.3. The Morgan fingerprint density at radius 2 is 2.22 bits per heavy atom. The molecule has 1 fully saturated rings. The quantitative estimate of drug-likeness (QED) is 0.733. The standard InChI is InChI=1S/C16H28N3O3P/c1-11-18-13(17-2)7-9-19(11)16-15(21-3)14(20)12(22-16)8-10-23(4,5)6/h7,9,12,14-16,20H,1,4,8,10H2,2-3,5-6H3,(H,17,18)/t12?,14-,15-,16?/m1/s1. The van der Waals surface area contributed by atoms with Crippen LogP contribution < -0.4 is 5.32 Å². The second kappa shape index (κ2) is 7.22. The van der Waals surface area contributed by atoms with E-state index in [0.29, 0.717) is 5.82 Å². The molecule has 6 nitrogen and oxygen atoms in total. The van der Waals surface area contributed by atoms with Crippen LogP contribution in [0, 0.1) is 0 Å². The highest BCUT2D eigenvalue weighted by atomic mass is 31.2. The first-order chi connectivity index (χ1) is 10.8. The molecule has 0 bridgehead atoms. The molecule has 2 rings (SSSR count). The van der Waals surface area contributed by atoms with Gasteiger partial charge in [0.1, 0.15) is 23.9 Å². The van der Waals surface area contributed by atoms with Gasteiger partial charge >= 0.3 is 0 Å². The summed E-state index contributed by atoms with van der Waals surface area (Å²) < 4.78 is 11.6. The molecule has 0 radical (unpaired) electrons. The van der Waals surface area contributed by atoms with Crippen molar-refractivity contribution in [3.63, 3.8) is 0 Å². The third kappa shape index (κ3) is 4.27. The highest BCUT2D eigenvalue weighted by Crippen LogP contribution is 2.39. The van der Waals surface area contributed by atoms with Crippen LogP contribution in [0.1, 0.15) is 6.42 Å². The van der Waals surface area contributed by atoms with Gasteiger partial charge in [0.2, 0.25) is 0 Å². The molecule has 2 aliphatic heterocycles. The Balaban J connectivity index is 2.12. The number of rotatable bonds is 5. The third-order valence-corrected chi connectivity index (χ3v) is 5.56. The van der Waals surface area contributed by atoms with E-state index in [1.807, 2.05) is 17.2 Å². The van der Waals surface area contributed by atoms with E-state index in [9.17, 15) is 5.11 Å². The van der Waals surface area contributed by atoms with Crippen molar-refractivity contribution in [3.05, 3.63) is 24.7 Å². The average Bonchev–Trinajstić information content (AvgIpc) is 2.80. The average molecular weight is 341 g/mol. The van der Waals surface area contributed by atoms with Gasteiger partial charge in [-0.15, -0.1) is 13.2 Å². The summed E-state index contributed by atoms with van der Waals surface area (Å²) in [6, 6.07) is 0. The molecule has 2 heterocycles. The lowest BCUT2D eigenvalue weighted by Crippen LogP contribution is -2.47. The monoisotopic (exact) mass is 341 g/mol. The van der Waals surface area contributed by atoms with Crippen LogP contribution in [0.3, 0.4) is 0 Å². The second-order valence-corrected chi connectivity index (χ2v) is 10.9. The Hall–Kier alpha value is -1.07. The largest absolute Gasteiger partial charge is 0.388 e. The molecule has 0 aromatic heterocycles. The van der Waals surface area contributed by atoms with Crippen molar-refractivity contribution in [2.45, 2.75) is 31.0 Å². The summed E-state index contributed by atoms with van der Waals surface area (Å²) in [5.74, 6) is 1.39. The van der Waals surface area contributed by atoms with Gasteiger partial charge in [0.25, 0.3) is 0 Å². The predicted octanol–water partition coefficient (Wildman–Crippen LogP) is 1.10. The topological polar surface area (TPSA) is 66.3 Å². The number of ether oxygens (including phenoxy) is 2. The first-order valence-corrected chi connectivity index (χ1v) is 10.7. The molecule has 0 aliphatic carbocycles. The number of aliphatic hydroxyl groups is 1. The molecule has 0 aromatic rings. The summed E-state index contributed by atoms with van der Waals surface area (Å²) in [5.41, 5.74) is 0. The third-order valence-electron chi connectivity index (χ3n) is 4.10. The van der Waals surface area contributed by atoms with Crippen LogP contribution in [0.25, 0.3) is 0 Å². The molecule has 1 saturated heterocycles. The van der Waals surface area contributed by atoms with Gasteiger partial charge in [-0.25, -0.2) is 0 Å². The lowest BCUT2D eigenvalue weighted by molar-refractivity contribution is -0.0709. The maximum absolute atomic E-state index is 10.5. The van der Waals surface area contributed by atoms with Gasteiger partial charge in [0.05, 0.1) is 6.10 Å². The SMILES string of the molecule is C=C1NC(=NC)C=CN1C1OC(CCP(=C)(C)C)[C@@H](O)[C@H]1OC. The van der Waals surface area contributed by atoms with Crippen LogP contribution in [0.4, 0.5) is 0 Å². The molecular formula is C16H28N3O3P. The maximum atomic E-state index is 10.5. The van der Waals surface area contributed by atoms with Crippen LogP contribution in [0.2, 0.25) is 0 Å². The highest BCUT2D eigenvalue weighted by molar-refractivity contribution is 7.72. The van der Waals surface area contributed by atoms with Crippen molar-refractivity contribution >= 4 is 19.0 Å². The molecule has 2 unspecified atom stereocenters. The predicted molar refractivity (Wildman–Crippen MR) is 97.5 cm³/mol. The van der Waals surface area contributed by atoms with Crippen LogP contribution >= 0.6 is 6.89 Å². The van der Waals surface area contributed by atoms with Gasteiger partial charge in [0.15, 0.2) is 6.23 Å². The highest BCUT2D eigenvalue weighted by Gasteiger charge is 2.46. The number of hydrogen-bond donors (Lipinski definition) is 2. The lowest BCUT2D eigenvalue weighted by Gasteiger charge is -2.34. The molecule has 0 amide bonds. The maximum Gasteiger partial charge on any atom is 0.164 e. The number of hydrogen-bond acceptors (Lipinski definition) is 5. The first kappa shape index (κ1) is 18.3. The first-order valence-electron chi connectivity index (χ1n) is 7.70. The van der Waals surface area contributed by atoms with Gasteiger partial charge in [-0.2, -0.15) is 0 Å². The Morgan fingerprint density at radius 3 is 2.74 bits per heavy atom. The van der Waals surface area contributed by atoms with Crippen molar-refractivity contribution in [1.82, 2.24) is 10.2 Å². The summed E-state index contributed by atoms with van der Waals surface area (Å²) >= 11 is 0. The van der Waals surface area contributed by atoms with E-state index in [4.69, 9.17) is 9.47 Å². The zero-order valence-corrected chi connectivity index (χ0v) is 15.3. The van der Waals surface area contributed by atoms with Crippen molar-refractivity contribution in [1.29, 1.82) is 0 Å². The summed E-state index contributed by atoms with van der Waals surface area (Å²) in [5, 5.41) is 13.6. The van der Waals surface area contributed by atoms with Gasteiger partial charge in [-0.3, -0.25) is 4.99 Å². The molecule has 0 saturated carbocycles. The van der Waals surface area contributed by atoms with E-state index >= 15 is 0 Å². The summed E-state index contributed by atoms with van der Waals surface area (Å²) in [6.45, 7) is 7.22. The number of amidine groups is 1. The van der Waals surface area contributed by atoms with Crippen molar-refractivity contribution < 1.29 is 14.6 Å². The van der Waals surface area contributed by atoms with Gasteiger partial charge in [-0.05, 0) is 32.0 Å². The van der Waals surface area contributed by atoms with E-state index in [1.54, 1.807) is 14.2 Å². The smallest absolute Gasteiger partial charge is 0.164 e. The summed E-state index contributed by atoms with van der Waals surface area (Å²) in [6.07, 6.45) is 7.89. The molecular weight excluding hydrogens is 313 g/mol. The number of nitrogens with zero attached hydrogens (tertiary/aromatic N) is 2. The van der Waals surface area contributed by atoms with Crippen LogP contribution in [-0.2, 0) is 9.47 Å². The van der Waals surface area contributed by atoms with Crippen molar-refractivity contribution in [3.8, 4) is 0 Å². The minimum Gasteiger partial charge on any atom is -0.388 e. The Labute approximate surface area is 138 Å². The van der Waals surface area contributed by atoms with E-state index in [1.165, 1.54) is 0 Å². The molecule has 2 aliphatic rings. The zero-order valence-electron chi connectivity index (χ0n) is 14.4. The van der Waals surface area contributed by atoms with Crippen LogP contribution in [-0.4, -0.2) is 80.3 Å². The molecule has 4 atom stereocenters. The number of aliphatic imine (C=N–C) groups is 1. The lowest BCUT2D eigenvalue weighted by atomic mass is 10.1. The number of methoxy groups -OCH3 is 1. The molecule has 7 heteroatoms. The van der Waals surface area contributed by atoms with E-state index < -0.39 is 25.3 Å². The Morgan fingerprint density at radius 1 is 1.52 bits per heavy atom. The fourth-order valence-electron chi connectivity index (χ4n) is 2.78. The summed E-state index contributed by atoms with van der Waals surface area (Å²) in [4.78, 5) is 5.93. The number of aliphatic hydroxyl groups excluding tert-OH is 1. The minimum atomic E-state index is -1.15. The Kier molecular flexibility index (Phi) is 5.74. The molecule has 23 heavy (non-hydrogen) atoms. The van der Waals surface area contributed by atoms with Gasteiger partial charge in [0, 0.05) is 20.4 Å².